The number of nitrogens with one attached hydrogen (secondary N) is 1. The standard InChI is InChI=1S/C17H22N6O9/c1-10(24)31-13(5-7-15(20-21-18)17(30-3)32-11(2)25)9-19-14-6-4-12(22(26)27)8-16(14)23(28)29/h4,6,8,13,15,17,19H,5,7,9H2,1-3H3/t13-,15-,17?/m0/s1. The van der Waals surface area contributed by atoms with Crippen LogP contribution in [0.2, 0.25) is 0 Å². The first-order valence-corrected chi connectivity index (χ1v) is 9.17. The molecule has 15 heteroatoms. The summed E-state index contributed by atoms with van der Waals surface area (Å²) in [4.78, 5) is 45.9. The van der Waals surface area contributed by atoms with E-state index in [0.717, 1.165) is 19.1 Å². The molecule has 0 saturated carbocycles. The Morgan fingerprint density at radius 1 is 1.16 bits per heavy atom. The summed E-state index contributed by atoms with van der Waals surface area (Å²) >= 11 is 0. The van der Waals surface area contributed by atoms with E-state index < -0.39 is 51.6 Å². The van der Waals surface area contributed by atoms with Crippen LogP contribution < -0.4 is 5.32 Å². The molecule has 15 nitrogen and oxygen atoms in total. The zero-order chi connectivity index (χ0) is 24.3. The van der Waals surface area contributed by atoms with E-state index >= 15 is 0 Å². The summed E-state index contributed by atoms with van der Waals surface area (Å²) in [6.45, 7) is 2.23. The van der Waals surface area contributed by atoms with Gasteiger partial charge in [0, 0.05) is 31.9 Å². The number of nitro benzene ring substituents is 2. The smallest absolute Gasteiger partial charge is 0.304 e. The minimum absolute atomic E-state index is 0.0148. The molecule has 1 aromatic rings. The van der Waals surface area contributed by atoms with Gasteiger partial charge in [0.25, 0.3) is 11.4 Å². The van der Waals surface area contributed by atoms with Crippen molar-refractivity contribution in [3.63, 3.8) is 0 Å². The van der Waals surface area contributed by atoms with Crippen molar-refractivity contribution < 1.29 is 33.6 Å². The van der Waals surface area contributed by atoms with Gasteiger partial charge in [-0.25, -0.2) is 0 Å². The lowest BCUT2D eigenvalue weighted by atomic mass is 10.1. The second kappa shape index (κ2) is 12.7. The average molecular weight is 454 g/mol. The topological polar surface area (TPSA) is 209 Å². The van der Waals surface area contributed by atoms with Crippen LogP contribution in [-0.2, 0) is 23.8 Å². The highest BCUT2D eigenvalue weighted by molar-refractivity contribution is 5.67. The fraction of sp³-hybridized carbons (Fsp3) is 0.529. The minimum Gasteiger partial charge on any atom is -0.461 e. The van der Waals surface area contributed by atoms with Crippen LogP contribution in [-0.4, -0.2) is 53.9 Å². The van der Waals surface area contributed by atoms with Crippen molar-refractivity contribution in [1.29, 1.82) is 0 Å². The third kappa shape index (κ3) is 8.41. The van der Waals surface area contributed by atoms with Gasteiger partial charge < -0.3 is 19.5 Å². The molecule has 0 bridgehead atoms. The Hall–Kier alpha value is -3.97. The van der Waals surface area contributed by atoms with Crippen molar-refractivity contribution in [2.75, 3.05) is 19.0 Å². The molecule has 1 aromatic carbocycles. The van der Waals surface area contributed by atoms with Gasteiger partial charge in [0.15, 0.2) is 0 Å². The van der Waals surface area contributed by atoms with Crippen molar-refractivity contribution >= 4 is 29.0 Å². The number of benzene rings is 1. The molecule has 0 aliphatic carbocycles. The van der Waals surface area contributed by atoms with E-state index in [4.69, 9.17) is 19.7 Å². The van der Waals surface area contributed by atoms with Crippen molar-refractivity contribution in [1.82, 2.24) is 0 Å². The molecule has 1 N–H and O–H groups in total. The fourth-order valence-corrected chi connectivity index (χ4v) is 2.71. The molecule has 0 heterocycles. The first-order chi connectivity index (χ1) is 15.1. The van der Waals surface area contributed by atoms with Crippen LogP contribution in [0.1, 0.15) is 26.7 Å². The largest absolute Gasteiger partial charge is 0.461 e. The zero-order valence-electron chi connectivity index (χ0n) is 17.5. The van der Waals surface area contributed by atoms with E-state index in [0.29, 0.717) is 0 Å². The van der Waals surface area contributed by atoms with Gasteiger partial charge in [0.1, 0.15) is 17.8 Å². The number of methoxy groups -OCH3 is 1. The number of nitrogens with zero attached hydrogens (tertiary/aromatic N) is 5. The summed E-state index contributed by atoms with van der Waals surface area (Å²) in [5, 5.41) is 28.4. The van der Waals surface area contributed by atoms with Crippen molar-refractivity contribution in [2.24, 2.45) is 5.11 Å². The molecule has 174 valence electrons. The summed E-state index contributed by atoms with van der Waals surface area (Å²) < 4.78 is 15.2. The Balaban J connectivity index is 2.96. The zero-order valence-corrected chi connectivity index (χ0v) is 17.5. The molecule has 0 aliphatic heterocycles. The number of hydrogen-bond donors (Lipinski definition) is 1. The van der Waals surface area contributed by atoms with Crippen LogP contribution in [0.15, 0.2) is 23.3 Å². The van der Waals surface area contributed by atoms with E-state index in [1.54, 1.807) is 0 Å². The van der Waals surface area contributed by atoms with E-state index in [1.165, 1.54) is 20.1 Å². The van der Waals surface area contributed by atoms with Crippen LogP contribution in [0, 0.1) is 20.2 Å². The quantitative estimate of drug-likeness (QED) is 0.0875. The van der Waals surface area contributed by atoms with Gasteiger partial charge in [-0.05, 0) is 24.4 Å². The number of carbonyl (C=O) groups is 2. The second-order valence-corrected chi connectivity index (χ2v) is 6.39. The van der Waals surface area contributed by atoms with Gasteiger partial charge in [0.2, 0.25) is 6.29 Å². The van der Waals surface area contributed by atoms with Crippen LogP contribution in [0.5, 0.6) is 0 Å². The highest BCUT2D eigenvalue weighted by atomic mass is 16.7. The Morgan fingerprint density at radius 3 is 2.31 bits per heavy atom. The second-order valence-electron chi connectivity index (χ2n) is 6.39. The normalized spacial score (nSPS) is 13.1. The number of nitro groups is 2. The predicted octanol–water partition coefficient (Wildman–Crippen LogP) is 2.84. The molecule has 0 aromatic heterocycles. The van der Waals surface area contributed by atoms with Gasteiger partial charge >= 0.3 is 11.9 Å². The van der Waals surface area contributed by atoms with Gasteiger partial charge in [0.05, 0.1) is 22.5 Å². The fourth-order valence-electron chi connectivity index (χ4n) is 2.71. The number of ether oxygens (including phenoxy) is 3. The van der Waals surface area contributed by atoms with E-state index in [-0.39, 0.29) is 25.1 Å². The van der Waals surface area contributed by atoms with Crippen LogP contribution in [0.3, 0.4) is 0 Å². The van der Waals surface area contributed by atoms with Crippen LogP contribution in [0.4, 0.5) is 17.1 Å². The molecule has 32 heavy (non-hydrogen) atoms. The van der Waals surface area contributed by atoms with E-state index in [1.807, 2.05) is 0 Å². The molecular weight excluding hydrogens is 432 g/mol. The maximum absolute atomic E-state index is 11.5. The predicted molar refractivity (Wildman–Crippen MR) is 109 cm³/mol. The number of hydrogen-bond acceptors (Lipinski definition) is 11. The molecule has 0 spiro atoms. The van der Waals surface area contributed by atoms with Crippen molar-refractivity contribution in [3.8, 4) is 0 Å². The molecule has 0 radical (unpaired) electrons. The summed E-state index contributed by atoms with van der Waals surface area (Å²) in [5.41, 5.74) is 7.78. The number of azide groups is 1. The molecule has 1 unspecified atom stereocenters. The number of carbonyl (C=O) groups excluding carboxylic acids is 2. The van der Waals surface area contributed by atoms with Gasteiger partial charge in [-0.1, -0.05) is 5.11 Å². The summed E-state index contributed by atoms with van der Waals surface area (Å²) in [6, 6.07) is 2.14. The number of non-ortho nitro benzene ring substituents is 1. The molecule has 0 aliphatic rings. The van der Waals surface area contributed by atoms with Gasteiger partial charge in [-0.3, -0.25) is 29.8 Å². The number of rotatable bonds is 13. The lowest BCUT2D eigenvalue weighted by Gasteiger charge is -2.24. The summed E-state index contributed by atoms with van der Waals surface area (Å²) in [7, 11) is 1.26. The molecule has 0 saturated heterocycles. The third-order valence-corrected chi connectivity index (χ3v) is 4.05. The van der Waals surface area contributed by atoms with E-state index in [9.17, 15) is 29.8 Å². The van der Waals surface area contributed by atoms with Crippen molar-refractivity contribution in [3.05, 3.63) is 48.9 Å². The first kappa shape index (κ1) is 26.1. The molecule has 1 rings (SSSR count). The van der Waals surface area contributed by atoms with Crippen LogP contribution in [0.25, 0.3) is 10.4 Å². The highest BCUT2D eigenvalue weighted by Crippen LogP contribution is 2.29. The Bertz CT molecular complexity index is 902. The molecule has 0 amide bonds. The van der Waals surface area contributed by atoms with Gasteiger partial charge in [-0.2, -0.15) is 0 Å². The molecule has 3 atom stereocenters. The number of esters is 2. The first-order valence-electron chi connectivity index (χ1n) is 9.17. The van der Waals surface area contributed by atoms with Crippen LogP contribution >= 0.6 is 0 Å². The number of anilines is 1. The maximum atomic E-state index is 11.5. The Kier molecular flexibility index (Phi) is 10.3. The SMILES string of the molecule is COC(OC(C)=O)[C@H](CC[C@@H](CNc1ccc([N+](=O)[O-])cc1[N+](=O)[O-])OC(C)=O)N=[N+]=[N-]. The highest BCUT2D eigenvalue weighted by Gasteiger charge is 2.26. The van der Waals surface area contributed by atoms with E-state index in [2.05, 4.69) is 15.3 Å². The summed E-state index contributed by atoms with van der Waals surface area (Å²) in [6.07, 6.45) is -1.80. The maximum Gasteiger partial charge on any atom is 0.304 e. The molecule has 0 fully saturated rings. The lowest BCUT2D eigenvalue weighted by Crippen LogP contribution is -2.33. The monoisotopic (exact) mass is 454 g/mol. The lowest BCUT2D eigenvalue weighted by molar-refractivity contribution is -0.393. The average Bonchev–Trinajstić information content (AvgIpc) is 2.72. The third-order valence-electron chi connectivity index (χ3n) is 4.05. The summed E-state index contributed by atoms with van der Waals surface area (Å²) in [5.74, 6) is -1.28. The Labute approximate surface area is 181 Å². The van der Waals surface area contributed by atoms with Gasteiger partial charge in [-0.15, -0.1) is 0 Å². The minimum atomic E-state index is -1.16. The Morgan fingerprint density at radius 2 is 1.81 bits per heavy atom. The van der Waals surface area contributed by atoms with Crippen molar-refractivity contribution in [2.45, 2.75) is 45.1 Å². The molecular formula is C17H22N6O9.